The fraction of sp³-hybridized carbons (Fsp3) is 0.286. The van der Waals surface area contributed by atoms with Crippen molar-refractivity contribution in [2.75, 3.05) is 6.61 Å². The molecule has 0 atom stereocenters. The molecule has 0 aliphatic rings. The van der Waals surface area contributed by atoms with Crippen molar-refractivity contribution >= 4 is 10.3 Å². The number of halogens is 1. The number of carbonyl (C=O) groups is 1. The Morgan fingerprint density at radius 2 is 2.33 bits per heavy atom. The van der Waals surface area contributed by atoms with Gasteiger partial charge in [-0.3, -0.25) is 0 Å². The number of ether oxygens (including phenoxy) is 1. The van der Waals surface area contributed by atoms with Crippen LogP contribution in [0, 0.1) is 0 Å². The zero-order chi connectivity index (χ0) is 8.27. The third-order valence-corrected chi connectivity index (χ3v) is 1.94. The molecular weight excluding hydrogens is 277 g/mol. The second-order valence-electron chi connectivity index (χ2n) is 1.99. The van der Waals surface area contributed by atoms with Crippen LogP contribution >= 0.6 is 0 Å². The van der Waals surface area contributed by atoms with E-state index in [0.717, 1.165) is 22.7 Å². The van der Waals surface area contributed by atoms with E-state index in [1.54, 1.807) is 19.1 Å². The van der Waals surface area contributed by atoms with Crippen molar-refractivity contribution in [1.29, 1.82) is 0 Å². The standard InChI is InChI=1S/C7H7O3.BrH.Zn/c1-2-9-7(8)6-4-3-5-10-6;;/h3-4H,2H2,1H3;1H;/q;;+1/p-1. The van der Waals surface area contributed by atoms with Crippen molar-refractivity contribution in [1.82, 2.24) is 0 Å². The fourth-order valence-electron chi connectivity index (χ4n) is 0.690. The van der Waals surface area contributed by atoms with Crippen LogP contribution in [0.5, 0.6) is 0 Å². The summed E-state index contributed by atoms with van der Waals surface area (Å²) < 4.78 is 10.6. The Bertz CT molecular complexity index is 259. The van der Waals surface area contributed by atoms with Crippen LogP contribution in [-0.2, 0) is 23.0 Å². The number of furan rings is 1. The molecule has 0 radical (unpaired) electrons. The molecule has 0 aliphatic heterocycles. The first-order valence-electron chi connectivity index (χ1n) is 3.33. The summed E-state index contributed by atoms with van der Waals surface area (Å²) in [6.45, 7) is 2.15. The minimum Gasteiger partial charge on any atom is -1.00 e. The average molecular weight is 284 g/mol. The summed E-state index contributed by atoms with van der Waals surface area (Å²) in [7, 11) is 0. The minimum absolute atomic E-state index is 0. The molecule has 0 saturated heterocycles. The molecular formula is C7H7BrO3Zn. The Balaban J connectivity index is 0.00000121. The van der Waals surface area contributed by atoms with Crippen LogP contribution in [0.15, 0.2) is 16.5 Å². The third-order valence-electron chi connectivity index (χ3n) is 1.14. The molecule has 62 valence electrons. The van der Waals surface area contributed by atoms with Gasteiger partial charge in [-0.1, -0.05) is 0 Å². The van der Waals surface area contributed by atoms with Gasteiger partial charge in [0.25, 0.3) is 0 Å². The van der Waals surface area contributed by atoms with E-state index >= 15 is 0 Å². The van der Waals surface area contributed by atoms with Gasteiger partial charge in [-0.15, -0.1) is 0 Å². The summed E-state index contributed by atoms with van der Waals surface area (Å²) in [4.78, 5) is 11.0. The van der Waals surface area contributed by atoms with E-state index in [9.17, 15) is 4.79 Å². The Morgan fingerprint density at radius 3 is 2.75 bits per heavy atom. The van der Waals surface area contributed by atoms with E-state index in [2.05, 4.69) is 0 Å². The third kappa shape index (κ3) is 3.07. The molecule has 1 aromatic rings. The fourth-order valence-corrected chi connectivity index (χ4v) is 1.26. The molecule has 12 heavy (non-hydrogen) atoms. The maximum absolute atomic E-state index is 11.0. The van der Waals surface area contributed by atoms with E-state index in [1.807, 2.05) is 0 Å². The Kier molecular flexibility index (Phi) is 5.42. The number of hydrogen-bond acceptors (Lipinski definition) is 3. The van der Waals surface area contributed by atoms with E-state index < -0.39 is 0 Å². The van der Waals surface area contributed by atoms with Gasteiger partial charge in [-0.2, -0.15) is 0 Å². The number of rotatable bonds is 2. The van der Waals surface area contributed by atoms with Gasteiger partial charge in [0.15, 0.2) is 0 Å². The van der Waals surface area contributed by atoms with Crippen LogP contribution in [0.25, 0.3) is 0 Å². The molecule has 0 fully saturated rings. The molecule has 0 aliphatic carbocycles. The summed E-state index contributed by atoms with van der Waals surface area (Å²) in [6, 6.07) is 3.42. The molecule has 0 saturated carbocycles. The summed E-state index contributed by atoms with van der Waals surface area (Å²) >= 11 is 0.916. The van der Waals surface area contributed by atoms with Crippen molar-refractivity contribution in [2.45, 2.75) is 6.92 Å². The zero-order valence-corrected chi connectivity index (χ0v) is 11.2. The summed E-state index contributed by atoms with van der Waals surface area (Å²) in [5.74, 6) is -0.0831. The second kappa shape index (κ2) is 5.49. The molecule has 0 bridgehead atoms. The predicted octanol–water partition coefficient (Wildman–Crippen LogP) is -2.37. The summed E-state index contributed by atoms with van der Waals surface area (Å²) in [6.07, 6.45) is 0. The smallest absolute Gasteiger partial charge is 1.00 e. The van der Waals surface area contributed by atoms with Gasteiger partial charge in [0.1, 0.15) is 0 Å². The van der Waals surface area contributed by atoms with E-state index in [1.165, 1.54) is 0 Å². The van der Waals surface area contributed by atoms with Gasteiger partial charge >= 0.3 is 74.0 Å². The maximum Gasteiger partial charge on any atom is -1.00 e. The molecule has 0 N–H and O–H groups in total. The van der Waals surface area contributed by atoms with Crippen LogP contribution in [0.4, 0.5) is 0 Å². The Morgan fingerprint density at radius 1 is 1.67 bits per heavy atom. The van der Waals surface area contributed by atoms with Crippen LogP contribution in [0.1, 0.15) is 17.5 Å². The molecule has 0 spiro atoms. The SMILES string of the molecule is CCOC(=O)c1cc[c]([Zn+])o1.[Br-]. The molecule has 5 heteroatoms. The number of hydrogen-bond donors (Lipinski definition) is 0. The van der Waals surface area contributed by atoms with Gasteiger partial charge in [0, 0.05) is 0 Å². The summed E-state index contributed by atoms with van der Waals surface area (Å²) in [5, 5.41) is 0. The van der Waals surface area contributed by atoms with Crippen molar-refractivity contribution < 1.29 is 49.2 Å². The van der Waals surface area contributed by atoms with Gasteiger partial charge < -0.3 is 17.0 Å². The Hall–Kier alpha value is -0.147. The molecule has 3 nitrogen and oxygen atoms in total. The van der Waals surface area contributed by atoms with E-state index in [4.69, 9.17) is 9.15 Å². The summed E-state index contributed by atoms with van der Waals surface area (Å²) in [5.41, 5.74) is 0. The van der Waals surface area contributed by atoms with Gasteiger partial charge in [0.05, 0.1) is 0 Å². The normalized spacial score (nSPS) is 8.92. The van der Waals surface area contributed by atoms with E-state index in [-0.39, 0.29) is 23.0 Å². The average Bonchev–Trinajstić information content (AvgIpc) is 2.36. The van der Waals surface area contributed by atoms with Gasteiger partial charge in [0.2, 0.25) is 0 Å². The van der Waals surface area contributed by atoms with Gasteiger partial charge in [-0.25, -0.2) is 0 Å². The van der Waals surface area contributed by atoms with Crippen molar-refractivity contribution in [3.63, 3.8) is 0 Å². The molecule has 0 amide bonds. The van der Waals surface area contributed by atoms with Crippen molar-refractivity contribution in [3.8, 4) is 0 Å². The number of esters is 1. The second-order valence-corrected chi connectivity index (χ2v) is 3.45. The first-order chi connectivity index (χ1) is 5.24. The molecule has 1 heterocycles. The predicted molar refractivity (Wildman–Crippen MR) is 34.3 cm³/mol. The monoisotopic (exact) mass is 282 g/mol. The topological polar surface area (TPSA) is 39.4 Å². The van der Waals surface area contributed by atoms with E-state index in [0.29, 0.717) is 12.4 Å². The quantitative estimate of drug-likeness (QED) is 0.450. The minimum atomic E-state index is -0.382. The maximum atomic E-state index is 11.0. The molecule has 1 rings (SSSR count). The molecule has 1 aromatic heterocycles. The largest absolute Gasteiger partial charge is 1.00 e. The molecule has 0 unspecified atom stereocenters. The van der Waals surface area contributed by atoms with Gasteiger partial charge in [-0.05, 0) is 0 Å². The number of carbonyl (C=O) groups excluding carboxylic acids is 1. The zero-order valence-electron chi connectivity index (χ0n) is 6.67. The first-order valence-corrected chi connectivity index (χ1v) is 4.81. The van der Waals surface area contributed by atoms with Crippen LogP contribution < -0.4 is 21.3 Å². The molecule has 0 aromatic carbocycles. The first kappa shape index (κ1) is 11.9. The van der Waals surface area contributed by atoms with Crippen molar-refractivity contribution in [2.24, 2.45) is 0 Å². The Labute approximate surface area is 90.9 Å². The van der Waals surface area contributed by atoms with Crippen LogP contribution in [-0.4, -0.2) is 12.6 Å². The van der Waals surface area contributed by atoms with Crippen LogP contribution in [0.2, 0.25) is 0 Å². The van der Waals surface area contributed by atoms with Crippen molar-refractivity contribution in [3.05, 3.63) is 17.9 Å². The van der Waals surface area contributed by atoms with Crippen LogP contribution in [0.3, 0.4) is 0 Å².